The molecule has 1 aliphatic heterocycles. The van der Waals surface area contributed by atoms with Gasteiger partial charge in [-0.15, -0.1) is 0 Å². The van der Waals surface area contributed by atoms with Gasteiger partial charge in [0.15, 0.2) is 23.8 Å². The number of esters is 1. The Bertz CT molecular complexity index is 1270. The number of ether oxygens (including phenoxy) is 3. The number of carbonyl (C=O) groups is 3. The zero-order valence-electron chi connectivity index (χ0n) is 24.4. The summed E-state index contributed by atoms with van der Waals surface area (Å²) in [5.41, 5.74) is 6.22. The number of nitrogens with one attached hydrogen (secondary N) is 2. The first-order chi connectivity index (χ1) is 19.9. The van der Waals surface area contributed by atoms with Crippen molar-refractivity contribution in [3.8, 4) is 0 Å². The summed E-state index contributed by atoms with van der Waals surface area (Å²) >= 11 is 0. The van der Waals surface area contributed by atoms with E-state index < -0.39 is 42.1 Å². The van der Waals surface area contributed by atoms with E-state index in [2.05, 4.69) is 25.6 Å². The molecule has 0 aromatic carbocycles. The molecule has 2 aromatic heterocycles. The molecule has 0 bridgehead atoms. The molecule has 15 heteroatoms. The first kappa shape index (κ1) is 31.4. The Morgan fingerprint density at radius 3 is 2.50 bits per heavy atom. The molecule has 0 radical (unpaired) electrons. The second kappa shape index (κ2) is 13.2. The molecule has 1 aliphatic carbocycles. The number of nitrogen functional groups attached to an aromatic ring is 1. The highest BCUT2D eigenvalue weighted by Gasteiger charge is 2.47. The van der Waals surface area contributed by atoms with E-state index in [9.17, 15) is 24.6 Å². The van der Waals surface area contributed by atoms with Gasteiger partial charge in [-0.05, 0) is 59.3 Å². The first-order valence-electron chi connectivity index (χ1n) is 14.3. The van der Waals surface area contributed by atoms with Crippen molar-refractivity contribution in [2.75, 3.05) is 25.4 Å². The zero-order valence-corrected chi connectivity index (χ0v) is 24.4. The van der Waals surface area contributed by atoms with Gasteiger partial charge in [0.05, 0.1) is 18.8 Å². The summed E-state index contributed by atoms with van der Waals surface area (Å²) in [5, 5.41) is 26.2. The predicted octanol–water partition coefficient (Wildman–Crippen LogP) is 0.581. The molecule has 2 amide bonds. The molecule has 2 aliphatic rings. The van der Waals surface area contributed by atoms with Gasteiger partial charge < -0.3 is 40.8 Å². The smallest absolute Gasteiger partial charge is 0.407 e. The van der Waals surface area contributed by atoms with E-state index in [1.807, 2.05) is 0 Å². The molecule has 2 fully saturated rings. The van der Waals surface area contributed by atoms with E-state index in [1.54, 1.807) is 27.7 Å². The minimum absolute atomic E-state index is 0.0687. The molecule has 6 N–H and O–H groups in total. The van der Waals surface area contributed by atoms with Crippen LogP contribution in [0.5, 0.6) is 0 Å². The third kappa shape index (κ3) is 7.44. The number of imidazole rings is 1. The Kier molecular flexibility index (Phi) is 9.84. The lowest BCUT2D eigenvalue weighted by Crippen LogP contribution is -2.42. The molecular formula is C27H41N7O8. The van der Waals surface area contributed by atoms with Gasteiger partial charge in [-0.25, -0.2) is 19.7 Å². The molecule has 1 saturated carbocycles. The number of carbonyl (C=O) groups excluding carboxylic acids is 3. The van der Waals surface area contributed by atoms with E-state index in [0.29, 0.717) is 42.8 Å². The summed E-state index contributed by atoms with van der Waals surface area (Å²) in [7, 11) is 0. The largest absolute Gasteiger partial charge is 0.464 e. The second-order valence-electron chi connectivity index (χ2n) is 11.7. The molecular weight excluding hydrogens is 550 g/mol. The van der Waals surface area contributed by atoms with Crippen molar-refractivity contribution in [3.05, 3.63) is 12.2 Å². The molecule has 2 aromatic rings. The van der Waals surface area contributed by atoms with Crippen LogP contribution in [0.4, 0.5) is 10.6 Å². The maximum atomic E-state index is 12.5. The molecule has 4 atom stereocenters. The van der Waals surface area contributed by atoms with Crippen LogP contribution in [0.15, 0.2) is 6.33 Å². The van der Waals surface area contributed by atoms with Crippen molar-refractivity contribution in [3.63, 3.8) is 0 Å². The number of likely N-dealkylation sites (N-methyl/N-ethyl adjacent to an activating group) is 1. The van der Waals surface area contributed by atoms with Crippen molar-refractivity contribution in [2.45, 2.75) is 89.9 Å². The summed E-state index contributed by atoms with van der Waals surface area (Å²) in [6.45, 7) is 7.64. The van der Waals surface area contributed by atoms with E-state index in [4.69, 9.17) is 19.9 Å². The van der Waals surface area contributed by atoms with Gasteiger partial charge in [-0.1, -0.05) is 0 Å². The first-order valence-corrected chi connectivity index (χ1v) is 14.3. The second-order valence-corrected chi connectivity index (χ2v) is 11.7. The SMILES string of the molecule is CCNC(=O)[C@H]1O[C@@H](n2cnc3c(N)nc(CC4CCC(C(=O)OCCNC(=O)OC(C)(C)C)CC4)nc32)C(O)[C@H]1O. The van der Waals surface area contributed by atoms with E-state index in [0.717, 1.165) is 12.8 Å². The van der Waals surface area contributed by atoms with Crippen molar-refractivity contribution >= 4 is 35.0 Å². The van der Waals surface area contributed by atoms with Gasteiger partial charge in [-0.2, -0.15) is 0 Å². The van der Waals surface area contributed by atoms with Crippen LogP contribution in [0.3, 0.4) is 0 Å². The average molecular weight is 592 g/mol. The summed E-state index contributed by atoms with van der Waals surface area (Å²) in [4.78, 5) is 49.8. The van der Waals surface area contributed by atoms with Gasteiger partial charge in [0.2, 0.25) is 0 Å². The number of anilines is 1. The number of amides is 2. The minimum Gasteiger partial charge on any atom is -0.464 e. The highest BCUT2D eigenvalue weighted by Crippen LogP contribution is 2.34. The van der Waals surface area contributed by atoms with Crippen LogP contribution in [-0.4, -0.2) is 91.3 Å². The third-order valence-corrected chi connectivity index (χ3v) is 7.28. The fourth-order valence-corrected chi connectivity index (χ4v) is 5.24. The Balaban J connectivity index is 1.31. The number of hydrogen-bond donors (Lipinski definition) is 5. The van der Waals surface area contributed by atoms with Crippen molar-refractivity contribution in [1.82, 2.24) is 30.2 Å². The highest BCUT2D eigenvalue weighted by atomic mass is 16.6. The topological polar surface area (TPSA) is 213 Å². The fourth-order valence-electron chi connectivity index (χ4n) is 5.24. The third-order valence-electron chi connectivity index (χ3n) is 7.28. The molecule has 0 spiro atoms. The number of aromatic nitrogens is 4. The average Bonchev–Trinajstić information content (AvgIpc) is 3.47. The van der Waals surface area contributed by atoms with Crippen LogP contribution in [0.2, 0.25) is 0 Å². The van der Waals surface area contributed by atoms with Crippen molar-refractivity contribution < 1.29 is 38.8 Å². The maximum Gasteiger partial charge on any atom is 0.407 e. The van der Waals surface area contributed by atoms with E-state index in [1.165, 1.54) is 10.9 Å². The summed E-state index contributed by atoms with van der Waals surface area (Å²) in [6.07, 6.45) is -0.979. The quantitative estimate of drug-likeness (QED) is 0.200. The molecule has 15 nitrogen and oxygen atoms in total. The zero-order chi connectivity index (χ0) is 30.6. The van der Waals surface area contributed by atoms with Crippen molar-refractivity contribution in [1.29, 1.82) is 0 Å². The summed E-state index contributed by atoms with van der Waals surface area (Å²) in [6, 6.07) is 0. The Morgan fingerprint density at radius 1 is 1.12 bits per heavy atom. The normalized spacial score (nSPS) is 26.1. The number of aliphatic hydroxyl groups is 2. The molecule has 42 heavy (non-hydrogen) atoms. The predicted molar refractivity (Wildman–Crippen MR) is 149 cm³/mol. The lowest BCUT2D eigenvalue weighted by atomic mass is 9.80. The number of rotatable bonds is 9. The number of alkyl carbamates (subject to hydrolysis) is 1. The molecule has 3 heterocycles. The van der Waals surface area contributed by atoms with Gasteiger partial charge in [0.25, 0.3) is 5.91 Å². The number of fused-ring (bicyclic) bond motifs is 1. The van der Waals surface area contributed by atoms with Gasteiger partial charge in [-0.3, -0.25) is 14.2 Å². The monoisotopic (exact) mass is 591 g/mol. The van der Waals surface area contributed by atoms with Crippen LogP contribution in [0.25, 0.3) is 11.2 Å². The summed E-state index contributed by atoms with van der Waals surface area (Å²) in [5.74, 6) is -0.166. The van der Waals surface area contributed by atoms with Crippen molar-refractivity contribution in [2.24, 2.45) is 11.8 Å². The lowest BCUT2D eigenvalue weighted by molar-refractivity contribution is -0.149. The highest BCUT2D eigenvalue weighted by molar-refractivity contribution is 5.83. The van der Waals surface area contributed by atoms with Crippen LogP contribution < -0.4 is 16.4 Å². The number of nitrogens with zero attached hydrogens (tertiary/aromatic N) is 4. The molecule has 4 rings (SSSR count). The lowest BCUT2D eigenvalue weighted by Gasteiger charge is -2.27. The van der Waals surface area contributed by atoms with Crippen LogP contribution in [0.1, 0.15) is 65.4 Å². The van der Waals surface area contributed by atoms with Crippen LogP contribution in [-0.2, 0) is 30.2 Å². The molecule has 1 saturated heterocycles. The van der Waals surface area contributed by atoms with Gasteiger partial charge in [0, 0.05) is 13.0 Å². The van der Waals surface area contributed by atoms with E-state index in [-0.39, 0.29) is 36.8 Å². The Morgan fingerprint density at radius 2 is 1.83 bits per heavy atom. The van der Waals surface area contributed by atoms with Gasteiger partial charge >= 0.3 is 12.1 Å². The standard InChI is InChI=1S/C27H41N7O8/c1-5-29-23(37)20-18(35)19(36)24(41-20)34-13-31-17-21(28)32-16(33-22(17)34)12-14-6-8-15(9-7-14)25(38)40-11-10-30-26(39)42-27(2,3)4/h13-15,18-20,24,35-36H,5-12H2,1-4H3,(H,29,37)(H,30,39)(H2,28,32,33)/t14?,15?,18-,19?,20+,24-/m1/s1. The molecule has 232 valence electrons. The summed E-state index contributed by atoms with van der Waals surface area (Å²) < 4.78 is 17.7. The fraction of sp³-hybridized carbons (Fsp3) is 0.704. The van der Waals surface area contributed by atoms with Gasteiger partial charge in [0.1, 0.15) is 35.8 Å². The number of nitrogens with two attached hydrogens (primary N) is 1. The minimum atomic E-state index is -1.43. The van der Waals surface area contributed by atoms with E-state index >= 15 is 0 Å². The maximum absolute atomic E-state index is 12.5. The number of aliphatic hydroxyl groups excluding tert-OH is 2. The Labute approximate surface area is 243 Å². The number of hydrogen-bond acceptors (Lipinski definition) is 12. The van der Waals surface area contributed by atoms with Crippen LogP contribution in [0, 0.1) is 11.8 Å². The van der Waals surface area contributed by atoms with Crippen LogP contribution >= 0.6 is 0 Å². The molecule has 1 unspecified atom stereocenters. The Hall–Kier alpha value is -3.56.